The molecule has 0 saturated heterocycles. The van der Waals surface area contributed by atoms with E-state index in [1.807, 2.05) is 0 Å². The van der Waals surface area contributed by atoms with Crippen LogP contribution in [0.15, 0.2) is 0 Å². The fourth-order valence-electron chi connectivity index (χ4n) is 13.1. The number of ether oxygens (including phenoxy) is 4. The number of rotatable bonds is 83. The highest BCUT2D eigenvalue weighted by atomic mass is 31.2. The molecule has 3 N–H and O–H groups in total. The second-order valence-corrected chi connectivity index (χ2v) is 34.1. The van der Waals surface area contributed by atoms with Crippen LogP contribution in [-0.2, 0) is 65.4 Å². The Balaban J connectivity index is 5.22. The van der Waals surface area contributed by atoms with E-state index >= 15 is 0 Å². The minimum atomic E-state index is -4.96. The van der Waals surface area contributed by atoms with Crippen LogP contribution < -0.4 is 0 Å². The number of unbranched alkanes of at least 4 members (excludes halogenated alkanes) is 53. The molecule has 0 fully saturated rings. The lowest BCUT2D eigenvalue weighted by molar-refractivity contribution is -0.161. The van der Waals surface area contributed by atoms with Crippen molar-refractivity contribution in [3.63, 3.8) is 0 Å². The molecule has 0 aromatic heterocycles. The van der Waals surface area contributed by atoms with Crippen LogP contribution in [0.3, 0.4) is 0 Å². The largest absolute Gasteiger partial charge is 0.472 e. The van der Waals surface area contributed by atoms with Crippen LogP contribution in [-0.4, -0.2) is 96.7 Å². The van der Waals surface area contributed by atoms with Crippen LogP contribution in [0.5, 0.6) is 0 Å². The Hall–Kier alpha value is -1.94. The monoisotopic (exact) mass is 1510 g/mol. The van der Waals surface area contributed by atoms with Gasteiger partial charge in [0.25, 0.3) is 0 Å². The summed E-state index contributed by atoms with van der Waals surface area (Å²) in [5.74, 6) is -0.629. The highest BCUT2D eigenvalue weighted by Gasteiger charge is 2.30. The lowest BCUT2D eigenvalue weighted by Crippen LogP contribution is -2.30. The number of carbonyl (C=O) groups is 4. The number of hydrogen-bond acceptors (Lipinski definition) is 15. The van der Waals surface area contributed by atoms with Crippen molar-refractivity contribution < 1.29 is 80.2 Å². The third-order valence-corrected chi connectivity index (χ3v) is 21.6. The van der Waals surface area contributed by atoms with Gasteiger partial charge in [-0.05, 0) is 37.5 Å². The van der Waals surface area contributed by atoms with Gasteiger partial charge in [-0.3, -0.25) is 37.3 Å². The van der Waals surface area contributed by atoms with E-state index in [-0.39, 0.29) is 25.7 Å². The lowest BCUT2D eigenvalue weighted by Gasteiger charge is -2.21. The molecule has 0 aromatic carbocycles. The Morgan fingerprint density at radius 3 is 0.660 bits per heavy atom. The standard InChI is InChI=1S/C84H164O17P2/c1-7-9-11-13-15-17-19-21-23-25-26-27-28-29-31-33-35-37-42-50-56-62-68-83(88)100-79(72-94-81(86)66-60-54-48-41-36-34-32-30-24-22-20-18-16-14-12-10-8-2)74-98-102(90,91)96-70-78(85)71-97-103(92,93)99-75-80(73-95-82(87)67-61-55-49-45-44-47-53-59-65-77(5)6)101-84(89)69-63-57-51-43-39-38-40-46-52-58-64-76(3)4/h76-80,85H,7-75H2,1-6H3,(H,90,91)(H,92,93)/t78-,79-,80-/m1/s1. The van der Waals surface area contributed by atoms with E-state index < -0.39 is 97.5 Å². The number of phosphoric ester groups is 2. The lowest BCUT2D eigenvalue weighted by atomic mass is 10.0. The van der Waals surface area contributed by atoms with E-state index in [4.69, 9.17) is 37.0 Å². The topological polar surface area (TPSA) is 237 Å². The van der Waals surface area contributed by atoms with Gasteiger partial charge in [-0.25, -0.2) is 9.13 Å². The predicted molar refractivity (Wildman–Crippen MR) is 423 cm³/mol. The van der Waals surface area contributed by atoms with Crippen molar-refractivity contribution in [3.05, 3.63) is 0 Å². The first-order valence-electron chi connectivity index (χ1n) is 43.5. The zero-order valence-corrected chi connectivity index (χ0v) is 69.4. The summed E-state index contributed by atoms with van der Waals surface area (Å²) in [5.41, 5.74) is 0. The highest BCUT2D eigenvalue weighted by molar-refractivity contribution is 7.47. The fourth-order valence-corrected chi connectivity index (χ4v) is 14.6. The zero-order valence-electron chi connectivity index (χ0n) is 67.6. The molecule has 19 heteroatoms. The molecule has 0 rings (SSSR count). The second kappa shape index (κ2) is 75.5. The van der Waals surface area contributed by atoms with E-state index in [0.29, 0.717) is 25.7 Å². The van der Waals surface area contributed by atoms with Crippen LogP contribution in [0, 0.1) is 11.8 Å². The van der Waals surface area contributed by atoms with Gasteiger partial charge in [-0.2, -0.15) is 0 Å². The first-order valence-corrected chi connectivity index (χ1v) is 46.5. The van der Waals surface area contributed by atoms with Gasteiger partial charge in [0.2, 0.25) is 0 Å². The molecular weight excluding hydrogens is 1340 g/mol. The van der Waals surface area contributed by atoms with Crippen molar-refractivity contribution in [2.75, 3.05) is 39.6 Å². The minimum Gasteiger partial charge on any atom is -0.462 e. The SMILES string of the molecule is CCCCCCCCCCCCCCCCCCCCCCCCC(=O)O[C@H](COC(=O)CCCCCCCCCCCCCCCCCCC)COP(=O)(O)OC[C@@H](O)COP(=O)(O)OC[C@@H](COC(=O)CCCCCCCCCCC(C)C)OC(=O)CCCCCCCCCCCCC(C)C. The summed E-state index contributed by atoms with van der Waals surface area (Å²) in [6.07, 6.45) is 66.8. The molecule has 0 aliphatic rings. The first kappa shape index (κ1) is 101. The van der Waals surface area contributed by atoms with Gasteiger partial charge in [0, 0.05) is 25.7 Å². The quantitative estimate of drug-likeness (QED) is 0.0222. The number of aliphatic hydroxyl groups excluding tert-OH is 1. The van der Waals surface area contributed by atoms with Crippen LogP contribution in [0.25, 0.3) is 0 Å². The summed E-state index contributed by atoms with van der Waals surface area (Å²) in [6.45, 7) is 9.60. The molecule has 0 spiro atoms. The maximum absolute atomic E-state index is 13.1. The molecule has 612 valence electrons. The maximum Gasteiger partial charge on any atom is 0.472 e. The fraction of sp³-hybridized carbons (Fsp3) is 0.952. The molecule has 17 nitrogen and oxygen atoms in total. The van der Waals surface area contributed by atoms with Crippen LogP contribution >= 0.6 is 15.6 Å². The number of esters is 4. The first-order chi connectivity index (χ1) is 49.9. The minimum absolute atomic E-state index is 0.106. The molecule has 0 radical (unpaired) electrons. The van der Waals surface area contributed by atoms with Crippen LogP contribution in [0.4, 0.5) is 0 Å². The normalized spacial score (nSPS) is 13.9. The number of carbonyl (C=O) groups excluding carboxylic acids is 4. The van der Waals surface area contributed by atoms with Crippen molar-refractivity contribution in [1.29, 1.82) is 0 Å². The van der Waals surface area contributed by atoms with Crippen molar-refractivity contribution in [1.82, 2.24) is 0 Å². The van der Waals surface area contributed by atoms with Crippen molar-refractivity contribution in [2.24, 2.45) is 11.8 Å². The maximum atomic E-state index is 13.1. The summed E-state index contributed by atoms with van der Waals surface area (Å²) >= 11 is 0. The van der Waals surface area contributed by atoms with Gasteiger partial charge < -0.3 is 33.8 Å². The second-order valence-electron chi connectivity index (χ2n) is 31.2. The summed E-state index contributed by atoms with van der Waals surface area (Å²) in [5, 5.41) is 10.7. The summed E-state index contributed by atoms with van der Waals surface area (Å²) in [4.78, 5) is 73.1. The molecule has 0 amide bonds. The number of hydrogen-bond donors (Lipinski definition) is 3. The third kappa shape index (κ3) is 78.0. The van der Waals surface area contributed by atoms with Gasteiger partial charge >= 0.3 is 39.5 Å². The van der Waals surface area contributed by atoms with Crippen molar-refractivity contribution in [2.45, 2.75) is 464 Å². The predicted octanol–water partition coefficient (Wildman–Crippen LogP) is 25.5. The molecule has 0 aliphatic carbocycles. The van der Waals surface area contributed by atoms with Gasteiger partial charge in [-0.1, -0.05) is 395 Å². The molecule has 0 heterocycles. The molecule has 0 aromatic rings. The Morgan fingerprint density at radius 2 is 0.447 bits per heavy atom. The Morgan fingerprint density at radius 1 is 0.262 bits per heavy atom. The molecule has 103 heavy (non-hydrogen) atoms. The summed E-state index contributed by atoms with van der Waals surface area (Å²) < 4.78 is 68.8. The van der Waals surface area contributed by atoms with E-state index in [0.717, 1.165) is 102 Å². The number of phosphoric acid groups is 2. The smallest absolute Gasteiger partial charge is 0.462 e. The van der Waals surface area contributed by atoms with Crippen LogP contribution in [0.2, 0.25) is 0 Å². The van der Waals surface area contributed by atoms with E-state index in [1.54, 1.807) is 0 Å². The highest BCUT2D eigenvalue weighted by Crippen LogP contribution is 2.45. The van der Waals surface area contributed by atoms with Gasteiger partial charge in [0.1, 0.15) is 19.3 Å². The Bertz CT molecular complexity index is 1980. The van der Waals surface area contributed by atoms with Gasteiger partial charge in [0.05, 0.1) is 26.4 Å². The van der Waals surface area contributed by atoms with Gasteiger partial charge in [0.15, 0.2) is 12.2 Å². The van der Waals surface area contributed by atoms with Crippen molar-refractivity contribution in [3.8, 4) is 0 Å². The molecule has 0 bridgehead atoms. The van der Waals surface area contributed by atoms with Crippen LogP contribution in [0.1, 0.15) is 446 Å². The van der Waals surface area contributed by atoms with E-state index in [9.17, 15) is 43.2 Å². The van der Waals surface area contributed by atoms with E-state index in [1.165, 1.54) is 263 Å². The molecule has 0 saturated carbocycles. The summed E-state index contributed by atoms with van der Waals surface area (Å²) in [6, 6.07) is 0. The Labute approximate surface area is 632 Å². The zero-order chi connectivity index (χ0) is 75.6. The molecule has 0 aliphatic heterocycles. The third-order valence-electron chi connectivity index (χ3n) is 19.7. The number of aliphatic hydroxyl groups is 1. The molecule has 5 atom stereocenters. The average molecular weight is 1510 g/mol. The molecule has 2 unspecified atom stereocenters. The van der Waals surface area contributed by atoms with E-state index in [2.05, 4.69) is 41.5 Å². The van der Waals surface area contributed by atoms with Crippen molar-refractivity contribution >= 4 is 39.5 Å². The van der Waals surface area contributed by atoms with Gasteiger partial charge in [-0.15, -0.1) is 0 Å². The average Bonchev–Trinajstić information content (AvgIpc) is 0.910. The molecular formula is C84H164O17P2. The Kier molecular flexibility index (Phi) is 74.1. The summed E-state index contributed by atoms with van der Waals surface area (Å²) in [7, 11) is -9.92.